The van der Waals surface area contributed by atoms with Gasteiger partial charge in [-0.15, -0.1) is 0 Å². The van der Waals surface area contributed by atoms with E-state index in [2.05, 4.69) is 12.2 Å². The van der Waals surface area contributed by atoms with E-state index in [0.717, 1.165) is 44.3 Å². The Morgan fingerprint density at radius 2 is 1.69 bits per heavy atom. The first-order chi connectivity index (χ1) is 14.0. The van der Waals surface area contributed by atoms with Crippen LogP contribution >= 0.6 is 11.6 Å². The molecular weight excluding hydrogens is 388 g/mol. The summed E-state index contributed by atoms with van der Waals surface area (Å²) in [5, 5.41) is 0.541. The molecule has 3 fully saturated rings. The number of likely N-dealkylation sites (tertiary alicyclic amines) is 2. The molecule has 0 N–H and O–H groups in total. The van der Waals surface area contributed by atoms with Crippen LogP contribution in [0, 0.1) is 23.7 Å². The number of imide groups is 1. The second kappa shape index (κ2) is 7.28. The molecule has 5 rings (SSSR count). The highest BCUT2D eigenvalue weighted by atomic mass is 35.5. The molecular formula is C23H25ClN2O3. The largest absolute Gasteiger partial charge is 0.343 e. The zero-order valence-electron chi connectivity index (χ0n) is 16.3. The Kier molecular flexibility index (Phi) is 4.73. The molecule has 152 valence electrons. The van der Waals surface area contributed by atoms with Crippen molar-refractivity contribution in [2.24, 2.45) is 23.7 Å². The van der Waals surface area contributed by atoms with Crippen molar-refractivity contribution in [3.05, 3.63) is 47.0 Å². The van der Waals surface area contributed by atoms with E-state index in [1.807, 2.05) is 17.0 Å². The lowest BCUT2D eigenvalue weighted by molar-refractivity contribution is -0.145. The van der Waals surface area contributed by atoms with Crippen LogP contribution in [0.1, 0.15) is 43.7 Å². The zero-order valence-corrected chi connectivity index (χ0v) is 17.1. The molecule has 5 atom stereocenters. The maximum absolute atomic E-state index is 13.4. The van der Waals surface area contributed by atoms with Gasteiger partial charge in [-0.1, -0.05) is 35.9 Å². The van der Waals surface area contributed by atoms with Crippen LogP contribution in [-0.4, -0.2) is 40.6 Å². The van der Waals surface area contributed by atoms with Crippen LogP contribution in [0.2, 0.25) is 5.02 Å². The lowest BCUT2D eigenvalue weighted by atomic mass is 9.85. The fraction of sp³-hybridized carbons (Fsp3) is 0.522. The van der Waals surface area contributed by atoms with Gasteiger partial charge in [0.15, 0.2) is 0 Å². The molecule has 4 aliphatic rings. The van der Waals surface area contributed by atoms with Crippen molar-refractivity contribution in [1.82, 2.24) is 9.80 Å². The molecule has 0 spiro atoms. The van der Waals surface area contributed by atoms with Crippen molar-refractivity contribution >= 4 is 29.3 Å². The summed E-state index contributed by atoms with van der Waals surface area (Å²) in [5.41, 5.74) is 0.754. The topological polar surface area (TPSA) is 57.7 Å². The number of carbonyl (C=O) groups is 3. The van der Waals surface area contributed by atoms with Crippen molar-refractivity contribution in [2.75, 3.05) is 13.1 Å². The Bertz CT molecular complexity index is 862. The number of piperidine rings is 1. The maximum Gasteiger partial charge on any atom is 0.234 e. The van der Waals surface area contributed by atoms with Crippen molar-refractivity contribution in [3.63, 3.8) is 0 Å². The van der Waals surface area contributed by atoms with Crippen molar-refractivity contribution in [3.8, 4) is 0 Å². The molecule has 1 saturated carbocycles. The van der Waals surface area contributed by atoms with Gasteiger partial charge in [-0.2, -0.15) is 0 Å². The third-order valence-electron chi connectivity index (χ3n) is 7.13. The molecule has 3 amide bonds. The average molecular weight is 413 g/mol. The molecule has 6 heteroatoms. The normalized spacial score (nSPS) is 31.5. The summed E-state index contributed by atoms with van der Waals surface area (Å²) in [6.07, 6.45) is 8.36. The third-order valence-corrected chi connectivity index (χ3v) is 7.36. The zero-order chi connectivity index (χ0) is 20.1. The van der Waals surface area contributed by atoms with Crippen molar-refractivity contribution in [1.29, 1.82) is 0 Å². The van der Waals surface area contributed by atoms with Gasteiger partial charge in [-0.3, -0.25) is 19.3 Å². The second-order valence-corrected chi connectivity index (χ2v) is 9.20. The minimum absolute atomic E-state index is 0.00781. The number of benzene rings is 1. The Morgan fingerprint density at radius 1 is 1.03 bits per heavy atom. The van der Waals surface area contributed by atoms with Gasteiger partial charge in [-0.05, 0) is 55.2 Å². The van der Waals surface area contributed by atoms with E-state index in [1.165, 1.54) is 4.90 Å². The van der Waals surface area contributed by atoms with Crippen molar-refractivity contribution in [2.45, 2.75) is 38.1 Å². The summed E-state index contributed by atoms with van der Waals surface area (Å²) in [6, 6.07) is 6.63. The van der Waals surface area contributed by atoms with E-state index < -0.39 is 6.04 Å². The van der Waals surface area contributed by atoms with E-state index in [9.17, 15) is 14.4 Å². The summed E-state index contributed by atoms with van der Waals surface area (Å²) in [6.45, 7) is 1.50. The lowest BCUT2D eigenvalue weighted by Crippen LogP contribution is -2.41. The van der Waals surface area contributed by atoms with Crippen LogP contribution in [0.5, 0.6) is 0 Å². The van der Waals surface area contributed by atoms with Crippen LogP contribution < -0.4 is 0 Å². The number of allylic oxidation sites excluding steroid dienone is 2. The first-order valence-corrected chi connectivity index (χ1v) is 11.0. The molecule has 2 bridgehead atoms. The minimum atomic E-state index is -0.590. The van der Waals surface area contributed by atoms with E-state index >= 15 is 0 Å². The summed E-state index contributed by atoms with van der Waals surface area (Å²) in [7, 11) is 0. The highest BCUT2D eigenvalue weighted by Crippen LogP contribution is 2.54. The predicted octanol–water partition coefficient (Wildman–Crippen LogP) is 3.59. The molecule has 0 radical (unpaired) electrons. The van der Waals surface area contributed by atoms with E-state index in [-0.39, 0.29) is 47.8 Å². The van der Waals surface area contributed by atoms with Crippen LogP contribution in [0.15, 0.2) is 36.4 Å². The Labute approximate surface area is 175 Å². The van der Waals surface area contributed by atoms with Crippen LogP contribution in [-0.2, 0) is 14.4 Å². The molecule has 2 aliphatic carbocycles. The van der Waals surface area contributed by atoms with Gasteiger partial charge in [0.05, 0.1) is 24.3 Å². The number of nitrogens with zero attached hydrogens (tertiary/aromatic N) is 2. The summed E-state index contributed by atoms with van der Waals surface area (Å²) in [4.78, 5) is 43.0. The van der Waals surface area contributed by atoms with E-state index in [4.69, 9.17) is 11.6 Å². The fourth-order valence-electron chi connectivity index (χ4n) is 5.74. The number of rotatable bonds is 4. The molecule has 2 heterocycles. The first kappa shape index (κ1) is 18.9. The monoisotopic (exact) mass is 412 g/mol. The molecule has 29 heavy (non-hydrogen) atoms. The minimum Gasteiger partial charge on any atom is -0.343 e. The number of fused-ring (bicyclic) bond motifs is 5. The number of hydrogen-bond donors (Lipinski definition) is 0. The summed E-state index contributed by atoms with van der Waals surface area (Å²) in [5.74, 6) is -0.433. The number of hydrogen-bond acceptors (Lipinski definition) is 3. The van der Waals surface area contributed by atoms with E-state index in [1.54, 1.807) is 12.1 Å². The first-order valence-electron chi connectivity index (χ1n) is 10.6. The molecule has 2 aliphatic heterocycles. The highest BCUT2D eigenvalue weighted by molar-refractivity contribution is 6.30. The molecule has 0 aromatic heterocycles. The van der Waals surface area contributed by atoms with Crippen LogP contribution in [0.25, 0.3) is 0 Å². The average Bonchev–Trinajstić information content (AvgIpc) is 3.41. The van der Waals surface area contributed by atoms with Gasteiger partial charge in [0.25, 0.3) is 0 Å². The van der Waals surface area contributed by atoms with Gasteiger partial charge in [-0.25, -0.2) is 0 Å². The van der Waals surface area contributed by atoms with Crippen molar-refractivity contribution < 1.29 is 14.4 Å². The number of halogens is 1. The summed E-state index contributed by atoms with van der Waals surface area (Å²) < 4.78 is 0. The molecule has 1 aromatic rings. The number of amides is 3. The second-order valence-electron chi connectivity index (χ2n) is 8.76. The Hall–Kier alpha value is -2.14. The van der Waals surface area contributed by atoms with Gasteiger partial charge in [0.1, 0.15) is 0 Å². The standard InChI is InChI=1S/C23H25ClN2O3/c24-17-6-4-5-14(12-17)18(13-19(27)25-9-2-1-3-10-25)26-22(28)20-15-7-8-16(11-15)21(20)23(26)29/h4-8,12,15-16,18,20-21H,1-3,9-11,13H2. The van der Waals surface area contributed by atoms with Crippen LogP contribution in [0.3, 0.4) is 0 Å². The molecule has 5 nitrogen and oxygen atoms in total. The summed E-state index contributed by atoms with van der Waals surface area (Å²) >= 11 is 6.21. The smallest absolute Gasteiger partial charge is 0.234 e. The molecule has 2 saturated heterocycles. The molecule has 5 unspecified atom stereocenters. The van der Waals surface area contributed by atoms with Gasteiger partial charge in [0, 0.05) is 18.1 Å². The third kappa shape index (κ3) is 3.10. The predicted molar refractivity (Wildman–Crippen MR) is 109 cm³/mol. The lowest BCUT2D eigenvalue weighted by Gasteiger charge is -2.32. The van der Waals surface area contributed by atoms with Gasteiger partial charge in [0.2, 0.25) is 17.7 Å². The SMILES string of the molecule is O=C(CC(c1cccc(Cl)c1)N1C(=O)C2C3C=CC(C3)C2C1=O)N1CCCCC1. The fourth-order valence-corrected chi connectivity index (χ4v) is 5.94. The Morgan fingerprint density at radius 3 is 2.31 bits per heavy atom. The maximum atomic E-state index is 13.4. The highest BCUT2D eigenvalue weighted by Gasteiger charge is 2.60. The van der Waals surface area contributed by atoms with Gasteiger partial charge < -0.3 is 4.90 Å². The van der Waals surface area contributed by atoms with Gasteiger partial charge >= 0.3 is 0 Å². The van der Waals surface area contributed by atoms with Crippen LogP contribution in [0.4, 0.5) is 0 Å². The molecule has 1 aromatic carbocycles. The quantitative estimate of drug-likeness (QED) is 0.561. The van der Waals surface area contributed by atoms with E-state index in [0.29, 0.717) is 5.02 Å². The Balaban J connectivity index is 1.46. The number of carbonyl (C=O) groups excluding carboxylic acids is 3.